The van der Waals surface area contributed by atoms with E-state index in [9.17, 15) is 4.79 Å². The molecular weight excluding hydrogens is 306 g/mol. The summed E-state index contributed by atoms with van der Waals surface area (Å²) in [5, 5.41) is 0. The highest BCUT2D eigenvalue weighted by Gasteiger charge is 2.17. The predicted molar refractivity (Wildman–Crippen MR) is 79.1 cm³/mol. The molecule has 0 saturated heterocycles. The summed E-state index contributed by atoms with van der Waals surface area (Å²) in [4.78, 5) is 15.7. The van der Waals surface area contributed by atoms with E-state index in [0.717, 1.165) is 21.3 Å². The number of carbonyl (C=O) groups is 1. The molecule has 2 aromatic rings. The van der Waals surface area contributed by atoms with Crippen LogP contribution in [0, 0.1) is 20.8 Å². The Morgan fingerprint density at radius 3 is 2.37 bits per heavy atom. The SMILES string of the molecule is COc1ccc(C(=O)c2[nH]c(C)c(C)c2C)cc1Br. The molecule has 2 rings (SSSR count). The highest BCUT2D eigenvalue weighted by atomic mass is 79.9. The number of hydrogen-bond acceptors (Lipinski definition) is 2. The Labute approximate surface area is 121 Å². The second-order valence-electron chi connectivity index (χ2n) is 4.55. The smallest absolute Gasteiger partial charge is 0.209 e. The largest absolute Gasteiger partial charge is 0.496 e. The van der Waals surface area contributed by atoms with Gasteiger partial charge in [-0.3, -0.25) is 4.79 Å². The molecule has 1 aromatic carbocycles. The summed E-state index contributed by atoms with van der Waals surface area (Å²) in [5.74, 6) is 0.712. The van der Waals surface area contributed by atoms with Crippen molar-refractivity contribution in [3.8, 4) is 5.75 Å². The lowest BCUT2D eigenvalue weighted by atomic mass is 10.0. The third kappa shape index (κ3) is 2.45. The van der Waals surface area contributed by atoms with E-state index in [0.29, 0.717) is 17.0 Å². The monoisotopic (exact) mass is 321 g/mol. The number of hydrogen-bond donors (Lipinski definition) is 1. The topological polar surface area (TPSA) is 42.1 Å². The summed E-state index contributed by atoms with van der Waals surface area (Å²) in [6.45, 7) is 5.95. The van der Waals surface area contributed by atoms with Gasteiger partial charge in [-0.25, -0.2) is 0 Å². The fraction of sp³-hybridized carbons (Fsp3) is 0.267. The molecule has 0 spiro atoms. The third-order valence-corrected chi connectivity index (χ3v) is 4.07. The summed E-state index contributed by atoms with van der Waals surface area (Å²) in [6.07, 6.45) is 0. The molecule has 0 radical (unpaired) electrons. The van der Waals surface area contributed by atoms with E-state index in [2.05, 4.69) is 20.9 Å². The second-order valence-corrected chi connectivity index (χ2v) is 5.41. The molecule has 100 valence electrons. The van der Waals surface area contributed by atoms with Gasteiger partial charge in [0.05, 0.1) is 17.3 Å². The van der Waals surface area contributed by atoms with Gasteiger partial charge >= 0.3 is 0 Å². The van der Waals surface area contributed by atoms with E-state index in [-0.39, 0.29) is 5.78 Å². The van der Waals surface area contributed by atoms with Gasteiger partial charge in [-0.1, -0.05) is 0 Å². The van der Waals surface area contributed by atoms with Crippen molar-refractivity contribution < 1.29 is 9.53 Å². The Balaban J connectivity index is 2.44. The molecule has 19 heavy (non-hydrogen) atoms. The zero-order chi connectivity index (χ0) is 14.2. The zero-order valence-corrected chi connectivity index (χ0v) is 13.0. The molecule has 0 aliphatic rings. The molecule has 0 bridgehead atoms. The predicted octanol–water partition coefficient (Wildman–Crippen LogP) is 3.94. The zero-order valence-electron chi connectivity index (χ0n) is 11.4. The Bertz CT molecular complexity index is 644. The molecule has 0 fully saturated rings. The highest BCUT2D eigenvalue weighted by molar-refractivity contribution is 9.10. The van der Waals surface area contributed by atoms with Gasteiger partial charge < -0.3 is 9.72 Å². The van der Waals surface area contributed by atoms with Crippen LogP contribution in [0.4, 0.5) is 0 Å². The third-order valence-electron chi connectivity index (χ3n) is 3.45. The number of carbonyl (C=O) groups excluding carboxylic acids is 1. The van der Waals surface area contributed by atoms with Crippen LogP contribution in [0.5, 0.6) is 5.75 Å². The number of rotatable bonds is 3. The van der Waals surface area contributed by atoms with Gasteiger partial charge in [0, 0.05) is 11.3 Å². The van der Waals surface area contributed by atoms with Crippen LogP contribution in [-0.4, -0.2) is 17.9 Å². The van der Waals surface area contributed by atoms with E-state index in [4.69, 9.17) is 4.74 Å². The fourth-order valence-corrected chi connectivity index (χ4v) is 2.56. The lowest BCUT2D eigenvalue weighted by Gasteiger charge is -2.05. The lowest BCUT2D eigenvalue weighted by Crippen LogP contribution is -2.04. The van der Waals surface area contributed by atoms with Gasteiger partial charge in [-0.15, -0.1) is 0 Å². The van der Waals surface area contributed by atoms with Crippen molar-refractivity contribution in [2.75, 3.05) is 7.11 Å². The van der Waals surface area contributed by atoms with Gasteiger partial charge in [0.15, 0.2) is 0 Å². The molecule has 3 nitrogen and oxygen atoms in total. The Kier molecular flexibility index (Phi) is 3.80. The summed E-state index contributed by atoms with van der Waals surface area (Å²) in [5.41, 5.74) is 4.47. The van der Waals surface area contributed by atoms with Crippen LogP contribution in [0.3, 0.4) is 0 Å². The van der Waals surface area contributed by atoms with Crippen LogP contribution in [0.15, 0.2) is 22.7 Å². The number of halogens is 1. The van der Waals surface area contributed by atoms with Gasteiger partial charge in [-0.05, 0) is 66.0 Å². The maximum atomic E-state index is 12.5. The van der Waals surface area contributed by atoms with Crippen LogP contribution in [0.2, 0.25) is 0 Å². The minimum Gasteiger partial charge on any atom is -0.496 e. The Hall–Kier alpha value is -1.55. The first-order valence-electron chi connectivity index (χ1n) is 5.99. The van der Waals surface area contributed by atoms with Gasteiger partial charge in [0.1, 0.15) is 5.75 Å². The van der Waals surface area contributed by atoms with Gasteiger partial charge in [0.25, 0.3) is 0 Å². The molecule has 0 aliphatic heterocycles. The maximum Gasteiger partial charge on any atom is 0.209 e. The van der Waals surface area contributed by atoms with Gasteiger partial charge in [-0.2, -0.15) is 0 Å². The number of benzene rings is 1. The molecule has 4 heteroatoms. The van der Waals surface area contributed by atoms with Crippen LogP contribution in [0.1, 0.15) is 32.9 Å². The van der Waals surface area contributed by atoms with Crippen molar-refractivity contribution >= 4 is 21.7 Å². The van der Waals surface area contributed by atoms with E-state index in [1.54, 1.807) is 25.3 Å². The van der Waals surface area contributed by atoms with Crippen LogP contribution in [-0.2, 0) is 0 Å². The lowest BCUT2D eigenvalue weighted by molar-refractivity contribution is 0.103. The van der Waals surface area contributed by atoms with Crippen molar-refractivity contribution in [3.63, 3.8) is 0 Å². The van der Waals surface area contributed by atoms with Crippen molar-refractivity contribution in [1.82, 2.24) is 4.98 Å². The van der Waals surface area contributed by atoms with E-state index in [1.165, 1.54) is 0 Å². The van der Waals surface area contributed by atoms with Crippen molar-refractivity contribution in [3.05, 3.63) is 50.8 Å². The summed E-state index contributed by atoms with van der Waals surface area (Å²) >= 11 is 3.40. The fourth-order valence-electron chi connectivity index (χ4n) is 2.02. The van der Waals surface area contributed by atoms with Crippen LogP contribution >= 0.6 is 15.9 Å². The number of aromatic amines is 1. The molecule has 1 heterocycles. The molecule has 1 aromatic heterocycles. The summed E-state index contributed by atoms with van der Waals surface area (Å²) in [7, 11) is 1.60. The number of aromatic nitrogens is 1. The molecule has 1 N–H and O–H groups in total. The average molecular weight is 322 g/mol. The molecule has 0 aliphatic carbocycles. The average Bonchev–Trinajstić information content (AvgIpc) is 2.65. The standard InChI is InChI=1S/C15H16BrNO2/c1-8-9(2)14(17-10(8)3)15(18)11-5-6-13(19-4)12(16)7-11/h5-7,17H,1-4H3. The molecular formula is C15H16BrNO2. The van der Waals surface area contributed by atoms with Gasteiger partial charge in [0.2, 0.25) is 5.78 Å². The van der Waals surface area contributed by atoms with E-state index < -0.39 is 0 Å². The Morgan fingerprint density at radius 1 is 1.21 bits per heavy atom. The minimum absolute atomic E-state index is 0.00273. The van der Waals surface area contributed by atoms with Crippen molar-refractivity contribution in [2.24, 2.45) is 0 Å². The van der Waals surface area contributed by atoms with Crippen molar-refractivity contribution in [2.45, 2.75) is 20.8 Å². The van der Waals surface area contributed by atoms with E-state index in [1.807, 2.05) is 20.8 Å². The van der Waals surface area contributed by atoms with Crippen LogP contribution < -0.4 is 4.74 Å². The number of ether oxygens (including phenoxy) is 1. The second kappa shape index (κ2) is 5.21. The first-order chi connectivity index (χ1) is 8.95. The molecule has 0 amide bonds. The molecule has 0 unspecified atom stereocenters. The first kappa shape index (κ1) is 13.9. The van der Waals surface area contributed by atoms with Crippen LogP contribution in [0.25, 0.3) is 0 Å². The minimum atomic E-state index is -0.00273. The number of methoxy groups -OCH3 is 1. The number of nitrogens with one attached hydrogen (secondary N) is 1. The highest BCUT2D eigenvalue weighted by Crippen LogP contribution is 2.27. The quantitative estimate of drug-likeness (QED) is 0.870. The first-order valence-corrected chi connectivity index (χ1v) is 6.79. The van der Waals surface area contributed by atoms with E-state index >= 15 is 0 Å². The Morgan fingerprint density at radius 2 is 1.89 bits per heavy atom. The maximum absolute atomic E-state index is 12.5. The number of H-pyrrole nitrogens is 1. The molecule has 0 saturated carbocycles. The number of aryl methyl sites for hydroxylation is 1. The molecule has 0 atom stereocenters. The summed E-state index contributed by atoms with van der Waals surface area (Å²) in [6, 6.07) is 5.35. The van der Waals surface area contributed by atoms with Crippen molar-refractivity contribution in [1.29, 1.82) is 0 Å². The number of ketones is 1. The summed E-state index contributed by atoms with van der Waals surface area (Å²) < 4.78 is 5.94. The normalized spacial score (nSPS) is 10.6.